The van der Waals surface area contributed by atoms with Crippen LogP contribution in [0.25, 0.3) is 5.69 Å². The third kappa shape index (κ3) is 4.10. The Morgan fingerprint density at radius 3 is 2.58 bits per heavy atom. The lowest BCUT2D eigenvalue weighted by molar-refractivity contribution is -0.118. The summed E-state index contributed by atoms with van der Waals surface area (Å²) in [7, 11) is 0. The van der Waals surface area contributed by atoms with Gasteiger partial charge in [0, 0.05) is 18.0 Å². The Balaban J connectivity index is 1.67. The van der Waals surface area contributed by atoms with Gasteiger partial charge in [0.15, 0.2) is 12.4 Å². The lowest BCUT2D eigenvalue weighted by Gasteiger charge is -2.13. The minimum Gasteiger partial charge on any atom is -0.484 e. The SMILES string of the molecule is CC(=O)c1ccc(OCC(=O)Nc2cccc(Cl)c2-n2cccn2)cc1. The van der Waals surface area contributed by atoms with Crippen LogP contribution in [0, 0.1) is 0 Å². The number of anilines is 1. The Kier molecular flexibility index (Phi) is 5.34. The number of rotatable bonds is 6. The molecule has 1 N–H and O–H groups in total. The van der Waals surface area contributed by atoms with Gasteiger partial charge in [-0.15, -0.1) is 0 Å². The number of nitrogens with zero attached hydrogens (tertiary/aromatic N) is 2. The highest BCUT2D eigenvalue weighted by Gasteiger charge is 2.13. The van der Waals surface area contributed by atoms with Gasteiger partial charge < -0.3 is 10.1 Å². The number of halogens is 1. The van der Waals surface area contributed by atoms with Gasteiger partial charge in [0.1, 0.15) is 11.4 Å². The van der Waals surface area contributed by atoms with Crippen LogP contribution in [0.4, 0.5) is 5.69 Å². The number of hydrogen-bond acceptors (Lipinski definition) is 4. The molecule has 0 saturated carbocycles. The number of hydrogen-bond donors (Lipinski definition) is 1. The van der Waals surface area contributed by atoms with Crippen molar-refractivity contribution in [3.8, 4) is 11.4 Å². The van der Waals surface area contributed by atoms with Crippen molar-refractivity contribution in [2.75, 3.05) is 11.9 Å². The molecule has 0 atom stereocenters. The minimum atomic E-state index is -0.337. The van der Waals surface area contributed by atoms with Gasteiger partial charge >= 0.3 is 0 Å². The maximum Gasteiger partial charge on any atom is 0.262 e. The molecule has 7 heteroatoms. The van der Waals surface area contributed by atoms with E-state index >= 15 is 0 Å². The fraction of sp³-hybridized carbons (Fsp3) is 0.105. The number of aromatic nitrogens is 2. The van der Waals surface area contributed by atoms with Gasteiger partial charge in [-0.1, -0.05) is 17.7 Å². The van der Waals surface area contributed by atoms with Crippen molar-refractivity contribution >= 4 is 29.0 Å². The molecule has 0 fully saturated rings. The zero-order chi connectivity index (χ0) is 18.5. The Hall–Kier alpha value is -3.12. The highest BCUT2D eigenvalue weighted by Crippen LogP contribution is 2.28. The van der Waals surface area contributed by atoms with Crippen molar-refractivity contribution in [3.63, 3.8) is 0 Å². The highest BCUT2D eigenvalue weighted by atomic mass is 35.5. The predicted molar refractivity (Wildman–Crippen MR) is 99.1 cm³/mol. The molecule has 0 saturated heterocycles. The fourth-order valence-electron chi connectivity index (χ4n) is 2.37. The van der Waals surface area contributed by atoms with Crippen LogP contribution in [-0.4, -0.2) is 28.1 Å². The van der Waals surface area contributed by atoms with Gasteiger partial charge in [-0.25, -0.2) is 4.68 Å². The monoisotopic (exact) mass is 369 g/mol. The first-order chi connectivity index (χ1) is 12.5. The highest BCUT2D eigenvalue weighted by molar-refractivity contribution is 6.33. The summed E-state index contributed by atoms with van der Waals surface area (Å²) in [4.78, 5) is 23.5. The molecule has 3 aromatic rings. The summed E-state index contributed by atoms with van der Waals surface area (Å²) in [5.74, 6) is 0.140. The van der Waals surface area contributed by atoms with Crippen molar-refractivity contribution in [3.05, 3.63) is 71.5 Å². The zero-order valence-electron chi connectivity index (χ0n) is 14.0. The molecule has 6 nitrogen and oxygen atoms in total. The van der Waals surface area contributed by atoms with Crippen LogP contribution in [0.15, 0.2) is 60.9 Å². The summed E-state index contributed by atoms with van der Waals surface area (Å²) in [6.45, 7) is 1.32. The molecule has 0 aliphatic carbocycles. The number of amides is 1. The van der Waals surface area contributed by atoms with Crippen LogP contribution in [0.3, 0.4) is 0 Å². The van der Waals surface area contributed by atoms with Crippen LogP contribution < -0.4 is 10.1 Å². The Labute approximate surface area is 155 Å². The molecule has 1 aromatic heterocycles. The molecule has 0 aliphatic rings. The van der Waals surface area contributed by atoms with E-state index in [1.165, 1.54) is 6.92 Å². The quantitative estimate of drug-likeness (QED) is 0.672. The van der Waals surface area contributed by atoms with Crippen molar-refractivity contribution in [2.24, 2.45) is 0 Å². The fourth-order valence-corrected chi connectivity index (χ4v) is 2.63. The smallest absolute Gasteiger partial charge is 0.262 e. The van der Waals surface area contributed by atoms with Gasteiger partial charge in [-0.05, 0) is 49.4 Å². The summed E-state index contributed by atoms with van der Waals surface area (Å²) < 4.78 is 7.04. The van der Waals surface area contributed by atoms with E-state index in [2.05, 4.69) is 10.4 Å². The summed E-state index contributed by atoms with van der Waals surface area (Å²) >= 11 is 6.25. The second kappa shape index (κ2) is 7.84. The second-order valence-electron chi connectivity index (χ2n) is 5.50. The molecular weight excluding hydrogens is 354 g/mol. The summed E-state index contributed by atoms with van der Waals surface area (Å²) in [6.07, 6.45) is 3.37. The third-order valence-electron chi connectivity index (χ3n) is 3.63. The van der Waals surface area contributed by atoms with E-state index in [1.807, 2.05) is 0 Å². The first-order valence-corrected chi connectivity index (χ1v) is 8.24. The van der Waals surface area contributed by atoms with E-state index in [0.717, 1.165) is 0 Å². The van der Waals surface area contributed by atoms with Crippen LogP contribution in [0.5, 0.6) is 5.75 Å². The lowest BCUT2D eigenvalue weighted by atomic mass is 10.1. The van der Waals surface area contributed by atoms with Crippen molar-refractivity contribution in [1.29, 1.82) is 0 Å². The van der Waals surface area contributed by atoms with E-state index in [9.17, 15) is 9.59 Å². The molecule has 0 spiro atoms. The maximum absolute atomic E-state index is 12.2. The van der Waals surface area contributed by atoms with Gasteiger partial charge in [-0.3, -0.25) is 9.59 Å². The van der Waals surface area contributed by atoms with Gasteiger partial charge in [0.25, 0.3) is 5.91 Å². The molecule has 0 aliphatic heterocycles. The van der Waals surface area contributed by atoms with E-state index in [1.54, 1.807) is 65.6 Å². The van der Waals surface area contributed by atoms with E-state index in [4.69, 9.17) is 16.3 Å². The first-order valence-electron chi connectivity index (χ1n) is 7.87. The van der Waals surface area contributed by atoms with Gasteiger partial charge in [0.2, 0.25) is 0 Å². The van der Waals surface area contributed by atoms with Crippen molar-refractivity contribution < 1.29 is 14.3 Å². The number of nitrogens with one attached hydrogen (secondary N) is 1. The summed E-state index contributed by atoms with van der Waals surface area (Å²) in [6, 6.07) is 13.6. The van der Waals surface area contributed by atoms with Crippen LogP contribution in [0.2, 0.25) is 5.02 Å². The molecule has 0 bridgehead atoms. The Bertz CT molecular complexity index is 922. The number of ketones is 1. The maximum atomic E-state index is 12.2. The molecule has 0 unspecified atom stereocenters. The number of carbonyl (C=O) groups is 2. The molecule has 1 amide bonds. The molecule has 26 heavy (non-hydrogen) atoms. The standard InChI is InChI=1S/C19H16ClN3O3/c1-13(24)14-6-8-15(9-7-14)26-12-18(25)22-17-5-2-4-16(20)19(17)23-11-3-10-21-23/h2-11H,12H2,1H3,(H,22,25). The number of ether oxygens (including phenoxy) is 1. The van der Waals surface area contributed by atoms with Crippen molar-refractivity contribution in [2.45, 2.75) is 6.92 Å². The zero-order valence-corrected chi connectivity index (χ0v) is 14.7. The first kappa shape index (κ1) is 17.7. The van der Waals surface area contributed by atoms with E-state index in [-0.39, 0.29) is 18.3 Å². The number of Topliss-reactive ketones (excluding diaryl/α,β-unsaturated/α-hetero) is 1. The van der Waals surface area contributed by atoms with Crippen molar-refractivity contribution in [1.82, 2.24) is 9.78 Å². The largest absolute Gasteiger partial charge is 0.484 e. The van der Waals surface area contributed by atoms with Gasteiger partial charge in [0.05, 0.1) is 10.7 Å². The topological polar surface area (TPSA) is 73.2 Å². The molecule has 132 valence electrons. The van der Waals surface area contributed by atoms with Crippen LogP contribution >= 0.6 is 11.6 Å². The van der Waals surface area contributed by atoms with Crippen LogP contribution in [-0.2, 0) is 4.79 Å². The molecule has 0 radical (unpaired) electrons. The minimum absolute atomic E-state index is 0.0265. The average Bonchev–Trinajstić information content (AvgIpc) is 3.14. The number of carbonyl (C=O) groups excluding carboxylic acids is 2. The lowest BCUT2D eigenvalue weighted by Crippen LogP contribution is -2.21. The predicted octanol–water partition coefficient (Wildman–Crippen LogP) is 3.75. The van der Waals surface area contributed by atoms with Crippen LogP contribution in [0.1, 0.15) is 17.3 Å². The number of para-hydroxylation sites is 1. The second-order valence-corrected chi connectivity index (χ2v) is 5.91. The molecule has 1 heterocycles. The Morgan fingerprint density at radius 1 is 1.15 bits per heavy atom. The summed E-state index contributed by atoms with van der Waals surface area (Å²) in [5, 5.41) is 7.39. The van der Waals surface area contributed by atoms with E-state index in [0.29, 0.717) is 27.7 Å². The average molecular weight is 370 g/mol. The third-order valence-corrected chi connectivity index (χ3v) is 3.93. The van der Waals surface area contributed by atoms with Gasteiger partial charge in [-0.2, -0.15) is 5.10 Å². The molecule has 3 rings (SSSR count). The van der Waals surface area contributed by atoms with E-state index < -0.39 is 0 Å². The summed E-state index contributed by atoms with van der Waals surface area (Å²) in [5.41, 5.74) is 1.70. The molecular formula is C19H16ClN3O3. The normalized spacial score (nSPS) is 10.4. The Morgan fingerprint density at radius 2 is 1.92 bits per heavy atom. The molecule has 2 aromatic carbocycles. The number of benzene rings is 2.